The van der Waals surface area contributed by atoms with Crippen LogP contribution in [0.15, 0.2) is 59.7 Å². The number of guanidine groups is 1. The third-order valence-corrected chi connectivity index (χ3v) is 5.74. The number of rotatable bonds is 3. The van der Waals surface area contributed by atoms with E-state index in [4.69, 9.17) is 34.7 Å². The molecule has 0 atom stereocenters. The van der Waals surface area contributed by atoms with E-state index < -0.39 is 0 Å². The van der Waals surface area contributed by atoms with Gasteiger partial charge in [0.15, 0.2) is 11.8 Å². The molecule has 0 spiro atoms. The Labute approximate surface area is 185 Å². The maximum absolute atomic E-state index is 6.30. The predicted octanol–water partition coefficient (Wildman–Crippen LogP) is 3.80. The second kappa shape index (κ2) is 8.77. The molecule has 3 aromatic rings. The lowest BCUT2D eigenvalue weighted by atomic mass is 10.1. The van der Waals surface area contributed by atoms with Crippen LogP contribution in [0.1, 0.15) is 0 Å². The van der Waals surface area contributed by atoms with E-state index in [1.807, 2.05) is 36.4 Å². The first kappa shape index (κ1) is 20.3. The summed E-state index contributed by atoms with van der Waals surface area (Å²) >= 11 is 12.4. The van der Waals surface area contributed by atoms with E-state index in [0.29, 0.717) is 38.9 Å². The van der Waals surface area contributed by atoms with Crippen LogP contribution in [0.2, 0.25) is 10.0 Å². The van der Waals surface area contributed by atoms with Crippen molar-refractivity contribution >= 4 is 46.5 Å². The molecule has 1 aliphatic rings. The van der Waals surface area contributed by atoms with E-state index in [0.717, 1.165) is 31.9 Å². The molecular weight excluding hydrogens is 421 g/mol. The molecule has 2 aromatic carbocycles. The summed E-state index contributed by atoms with van der Waals surface area (Å²) in [4.78, 5) is 17.7. The second-order valence-corrected chi connectivity index (χ2v) is 7.63. The Bertz CT molecular complexity index is 1060. The normalized spacial score (nSPS) is 14.8. The molecule has 0 aliphatic carbocycles. The first-order chi connectivity index (χ1) is 14.5. The number of nitrogens with two attached hydrogens (primary N) is 2. The summed E-state index contributed by atoms with van der Waals surface area (Å²) in [6, 6.07) is 15.0. The van der Waals surface area contributed by atoms with E-state index in [9.17, 15) is 0 Å². The zero-order chi connectivity index (χ0) is 21.1. The summed E-state index contributed by atoms with van der Waals surface area (Å²) in [6.45, 7) is 2.92. The van der Waals surface area contributed by atoms with Gasteiger partial charge in [-0.3, -0.25) is 0 Å². The number of hydrogen-bond donors (Lipinski definition) is 2. The Morgan fingerprint density at radius 1 is 0.967 bits per heavy atom. The smallest absolute Gasteiger partial charge is 0.196 e. The van der Waals surface area contributed by atoms with Crippen LogP contribution in [0.4, 0.5) is 17.3 Å². The van der Waals surface area contributed by atoms with Crippen LogP contribution in [0.5, 0.6) is 0 Å². The molecule has 0 bridgehead atoms. The fraction of sp³-hybridized carbons (Fsp3) is 0.190. The van der Waals surface area contributed by atoms with Crippen LogP contribution in [-0.4, -0.2) is 47.0 Å². The Morgan fingerprint density at radius 2 is 1.70 bits per heavy atom. The van der Waals surface area contributed by atoms with Gasteiger partial charge in [-0.2, -0.15) is 0 Å². The number of nitrogen functional groups attached to an aromatic ring is 1. The van der Waals surface area contributed by atoms with Gasteiger partial charge in [-0.1, -0.05) is 53.5 Å². The highest BCUT2D eigenvalue weighted by Gasteiger charge is 2.21. The molecule has 4 rings (SSSR count). The Hall–Kier alpha value is -3.03. The zero-order valence-corrected chi connectivity index (χ0v) is 17.7. The third-order valence-electron chi connectivity index (χ3n) is 4.92. The summed E-state index contributed by atoms with van der Waals surface area (Å²) in [7, 11) is 0. The van der Waals surface area contributed by atoms with Crippen LogP contribution >= 0.6 is 23.2 Å². The predicted molar refractivity (Wildman–Crippen MR) is 123 cm³/mol. The summed E-state index contributed by atoms with van der Waals surface area (Å²) in [5.74, 6) is 1.54. The number of halogens is 2. The van der Waals surface area contributed by atoms with Crippen molar-refractivity contribution in [3.63, 3.8) is 0 Å². The SMILES string of the molecule is NC(=Nc1ccccc1)N1CCN(c2cnc(-c3cccc(Cl)c3Cl)c(N)n2)CC1. The topological polar surface area (TPSA) is 96.7 Å². The van der Waals surface area contributed by atoms with Crippen LogP contribution in [-0.2, 0) is 0 Å². The minimum atomic E-state index is 0.309. The van der Waals surface area contributed by atoms with E-state index in [-0.39, 0.29) is 0 Å². The highest BCUT2D eigenvalue weighted by atomic mass is 35.5. The van der Waals surface area contributed by atoms with Gasteiger partial charge in [-0.25, -0.2) is 15.0 Å². The lowest BCUT2D eigenvalue weighted by Gasteiger charge is -2.35. The number of hydrogen-bond acceptors (Lipinski definition) is 5. The van der Waals surface area contributed by atoms with Crippen LogP contribution in [0.3, 0.4) is 0 Å². The molecule has 1 saturated heterocycles. The number of para-hydroxylation sites is 1. The second-order valence-electron chi connectivity index (χ2n) is 6.84. The lowest BCUT2D eigenvalue weighted by Crippen LogP contribution is -2.51. The number of piperazine rings is 1. The van der Waals surface area contributed by atoms with Crippen molar-refractivity contribution in [2.24, 2.45) is 10.7 Å². The van der Waals surface area contributed by atoms with Crippen molar-refractivity contribution in [3.05, 3.63) is 64.8 Å². The van der Waals surface area contributed by atoms with Gasteiger partial charge in [-0.05, 0) is 18.2 Å². The first-order valence-electron chi connectivity index (χ1n) is 9.49. The van der Waals surface area contributed by atoms with Gasteiger partial charge in [0.05, 0.1) is 21.9 Å². The van der Waals surface area contributed by atoms with Gasteiger partial charge in [0.1, 0.15) is 11.5 Å². The van der Waals surface area contributed by atoms with E-state index in [1.54, 1.807) is 18.3 Å². The number of aliphatic imine (C=N–C) groups is 1. The average molecular weight is 442 g/mol. The van der Waals surface area contributed by atoms with Crippen molar-refractivity contribution in [1.29, 1.82) is 0 Å². The molecule has 0 unspecified atom stereocenters. The average Bonchev–Trinajstić information content (AvgIpc) is 2.77. The molecule has 1 aliphatic heterocycles. The van der Waals surface area contributed by atoms with Crippen LogP contribution in [0, 0.1) is 0 Å². The molecule has 0 amide bonds. The molecule has 1 fully saturated rings. The molecule has 154 valence electrons. The Morgan fingerprint density at radius 3 is 2.40 bits per heavy atom. The highest BCUT2D eigenvalue weighted by molar-refractivity contribution is 6.43. The molecule has 4 N–H and O–H groups in total. The van der Waals surface area contributed by atoms with Gasteiger partial charge < -0.3 is 21.3 Å². The molecule has 9 heteroatoms. The fourth-order valence-corrected chi connectivity index (χ4v) is 3.70. The molecule has 0 saturated carbocycles. The number of anilines is 2. The molecular formula is C21H21Cl2N7. The number of aromatic nitrogens is 2. The fourth-order valence-electron chi connectivity index (χ4n) is 3.31. The number of nitrogens with zero attached hydrogens (tertiary/aromatic N) is 5. The van der Waals surface area contributed by atoms with E-state index >= 15 is 0 Å². The highest BCUT2D eigenvalue weighted by Crippen LogP contribution is 2.35. The van der Waals surface area contributed by atoms with Gasteiger partial charge in [0.2, 0.25) is 0 Å². The molecule has 1 aromatic heterocycles. The maximum atomic E-state index is 6.30. The first-order valence-corrected chi connectivity index (χ1v) is 10.2. The van der Waals surface area contributed by atoms with Crippen molar-refractivity contribution < 1.29 is 0 Å². The van der Waals surface area contributed by atoms with Crippen LogP contribution < -0.4 is 16.4 Å². The zero-order valence-electron chi connectivity index (χ0n) is 16.2. The summed E-state index contributed by atoms with van der Waals surface area (Å²) in [5, 5.41) is 0.861. The van der Waals surface area contributed by atoms with Gasteiger partial charge in [0.25, 0.3) is 0 Å². The summed E-state index contributed by atoms with van der Waals surface area (Å²) in [6.07, 6.45) is 1.71. The van der Waals surface area contributed by atoms with Crippen molar-refractivity contribution in [3.8, 4) is 11.3 Å². The molecule has 2 heterocycles. The Balaban J connectivity index is 1.46. The van der Waals surface area contributed by atoms with Gasteiger partial charge in [0, 0.05) is 31.7 Å². The molecule has 7 nitrogen and oxygen atoms in total. The van der Waals surface area contributed by atoms with Gasteiger partial charge >= 0.3 is 0 Å². The monoisotopic (exact) mass is 441 g/mol. The van der Waals surface area contributed by atoms with Crippen LogP contribution in [0.25, 0.3) is 11.3 Å². The minimum Gasteiger partial charge on any atom is -0.382 e. The maximum Gasteiger partial charge on any atom is 0.196 e. The van der Waals surface area contributed by atoms with E-state index in [1.165, 1.54) is 0 Å². The minimum absolute atomic E-state index is 0.309. The number of benzene rings is 2. The summed E-state index contributed by atoms with van der Waals surface area (Å²) in [5.41, 5.74) is 14.4. The van der Waals surface area contributed by atoms with Crippen molar-refractivity contribution in [2.45, 2.75) is 0 Å². The lowest BCUT2D eigenvalue weighted by molar-refractivity contribution is 0.381. The summed E-state index contributed by atoms with van der Waals surface area (Å²) < 4.78 is 0. The van der Waals surface area contributed by atoms with Gasteiger partial charge in [-0.15, -0.1) is 0 Å². The Kier molecular flexibility index (Phi) is 5.92. The van der Waals surface area contributed by atoms with Crippen molar-refractivity contribution in [1.82, 2.24) is 14.9 Å². The molecule has 30 heavy (non-hydrogen) atoms. The quantitative estimate of drug-likeness (QED) is 0.473. The largest absolute Gasteiger partial charge is 0.382 e. The molecule has 0 radical (unpaired) electrons. The van der Waals surface area contributed by atoms with E-state index in [2.05, 4.69) is 24.8 Å². The third kappa shape index (κ3) is 4.27. The standard InChI is InChI=1S/C21H21Cl2N7/c22-16-8-4-7-15(18(16)23)19-20(24)28-17(13-26-19)29-9-11-30(12-10-29)21(25)27-14-5-2-1-3-6-14/h1-8,13H,9-12H2,(H2,24,28)(H2,25,27). The van der Waals surface area contributed by atoms with Crippen molar-refractivity contribution in [2.75, 3.05) is 36.8 Å².